The number of nitrogens with one attached hydrogen (secondary N) is 1. The topological polar surface area (TPSA) is 58.0 Å². The number of aromatic nitrogens is 2. The van der Waals surface area contributed by atoms with E-state index in [9.17, 15) is 0 Å². The fourth-order valence-electron chi connectivity index (χ4n) is 1.04. The molecule has 1 aromatic rings. The van der Waals surface area contributed by atoms with Crippen molar-refractivity contribution in [3.05, 3.63) is 17.5 Å². The van der Waals surface area contributed by atoms with Crippen LogP contribution in [-0.2, 0) is 0 Å². The number of hydrogen-bond donors (Lipinski definition) is 2. The number of aliphatic hydroxyl groups excluding tert-OH is 1. The molecule has 0 radical (unpaired) electrons. The molecule has 4 nitrogen and oxygen atoms in total. The van der Waals surface area contributed by atoms with Crippen molar-refractivity contribution in [3.63, 3.8) is 0 Å². The van der Waals surface area contributed by atoms with Crippen LogP contribution in [0.25, 0.3) is 0 Å². The highest BCUT2D eigenvalue weighted by atomic mass is 35.5. The summed E-state index contributed by atoms with van der Waals surface area (Å²) in [5, 5.41) is 12.5. The van der Waals surface area contributed by atoms with E-state index in [0.29, 0.717) is 11.0 Å². The van der Waals surface area contributed by atoms with Crippen molar-refractivity contribution in [3.8, 4) is 0 Å². The fraction of sp³-hybridized carbons (Fsp3) is 0.556. The van der Waals surface area contributed by atoms with Gasteiger partial charge in [-0.1, -0.05) is 11.6 Å². The van der Waals surface area contributed by atoms with Crippen LogP contribution in [0.4, 0.5) is 5.82 Å². The summed E-state index contributed by atoms with van der Waals surface area (Å²) in [6.07, 6.45) is 4.53. The van der Waals surface area contributed by atoms with Crippen molar-refractivity contribution >= 4 is 17.4 Å². The molecule has 0 aliphatic carbocycles. The third kappa shape index (κ3) is 4.39. The minimum atomic E-state index is -0.248. The van der Waals surface area contributed by atoms with Crippen LogP contribution in [0.15, 0.2) is 12.4 Å². The molecule has 0 saturated heterocycles. The number of anilines is 1. The van der Waals surface area contributed by atoms with Gasteiger partial charge in [-0.3, -0.25) is 4.98 Å². The van der Waals surface area contributed by atoms with Gasteiger partial charge in [0.15, 0.2) is 0 Å². The monoisotopic (exact) mass is 215 g/mol. The van der Waals surface area contributed by atoms with Gasteiger partial charge in [-0.25, -0.2) is 4.98 Å². The SMILES string of the molecule is CC(O)CCCNc1cncc(Cl)n1. The first kappa shape index (κ1) is 11.2. The molecule has 1 heterocycles. The summed E-state index contributed by atoms with van der Waals surface area (Å²) in [6.45, 7) is 2.54. The highest BCUT2D eigenvalue weighted by molar-refractivity contribution is 6.29. The molecule has 0 aliphatic rings. The molecule has 78 valence electrons. The molecule has 0 aromatic carbocycles. The van der Waals surface area contributed by atoms with Crippen molar-refractivity contribution in [2.45, 2.75) is 25.9 Å². The molecule has 0 fully saturated rings. The van der Waals surface area contributed by atoms with Crippen molar-refractivity contribution in [1.29, 1.82) is 0 Å². The Bertz CT molecular complexity index is 281. The second kappa shape index (κ2) is 5.78. The Morgan fingerprint density at radius 1 is 1.57 bits per heavy atom. The van der Waals surface area contributed by atoms with E-state index in [-0.39, 0.29) is 6.10 Å². The summed E-state index contributed by atoms with van der Waals surface area (Å²) in [4.78, 5) is 7.91. The predicted octanol–water partition coefficient (Wildman–Crippen LogP) is 1.70. The maximum atomic E-state index is 9.02. The molecule has 1 aromatic heterocycles. The molecular weight excluding hydrogens is 202 g/mol. The van der Waals surface area contributed by atoms with Crippen molar-refractivity contribution < 1.29 is 5.11 Å². The Labute approximate surface area is 88.3 Å². The molecule has 0 saturated carbocycles. The molecule has 0 spiro atoms. The first-order valence-corrected chi connectivity index (χ1v) is 4.96. The van der Waals surface area contributed by atoms with E-state index in [1.54, 1.807) is 13.1 Å². The summed E-state index contributed by atoms with van der Waals surface area (Å²) in [6, 6.07) is 0. The minimum Gasteiger partial charge on any atom is -0.393 e. The van der Waals surface area contributed by atoms with E-state index in [1.165, 1.54) is 6.20 Å². The summed E-state index contributed by atoms with van der Waals surface area (Å²) in [5.41, 5.74) is 0. The maximum absolute atomic E-state index is 9.02. The molecular formula is C9H14ClN3O. The zero-order valence-corrected chi connectivity index (χ0v) is 8.83. The smallest absolute Gasteiger partial charge is 0.149 e. The fourth-order valence-corrected chi connectivity index (χ4v) is 1.19. The quantitative estimate of drug-likeness (QED) is 0.735. The lowest BCUT2D eigenvalue weighted by Gasteiger charge is -2.06. The normalized spacial score (nSPS) is 12.5. The van der Waals surface area contributed by atoms with Gasteiger partial charge in [-0.15, -0.1) is 0 Å². The van der Waals surface area contributed by atoms with Crippen LogP contribution in [0.2, 0.25) is 5.15 Å². The second-order valence-corrected chi connectivity index (χ2v) is 3.53. The number of rotatable bonds is 5. The van der Waals surface area contributed by atoms with Crippen LogP contribution in [0.5, 0.6) is 0 Å². The standard InChI is InChI=1S/C9H14ClN3O/c1-7(14)3-2-4-12-9-6-11-5-8(10)13-9/h5-7,14H,2-4H2,1H3,(H,12,13). The molecule has 0 amide bonds. The lowest BCUT2D eigenvalue weighted by molar-refractivity contribution is 0.183. The Hall–Kier alpha value is -0.870. The molecule has 0 aliphatic heterocycles. The lowest BCUT2D eigenvalue weighted by Crippen LogP contribution is -2.07. The van der Waals surface area contributed by atoms with Crippen LogP contribution >= 0.6 is 11.6 Å². The van der Waals surface area contributed by atoms with Gasteiger partial charge in [0.1, 0.15) is 11.0 Å². The highest BCUT2D eigenvalue weighted by Gasteiger charge is 1.97. The summed E-state index contributed by atoms with van der Waals surface area (Å²) >= 11 is 5.65. The van der Waals surface area contributed by atoms with Gasteiger partial charge in [0.25, 0.3) is 0 Å². The van der Waals surface area contributed by atoms with E-state index < -0.39 is 0 Å². The Morgan fingerprint density at radius 2 is 2.36 bits per heavy atom. The van der Waals surface area contributed by atoms with Gasteiger partial charge in [-0.05, 0) is 19.8 Å². The van der Waals surface area contributed by atoms with Gasteiger partial charge in [-0.2, -0.15) is 0 Å². The molecule has 2 N–H and O–H groups in total. The second-order valence-electron chi connectivity index (χ2n) is 3.15. The van der Waals surface area contributed by atoms with Crippen molar-refractivity contribution in [2.75, 3.05) is 11.9 Å². The van der Waals surface area contributed by atoms with E-state index in [2.05, 4.69) is 15.3 Å². The number of halogens is 1. The van der Waals surface area contributed by atoms with Crippen LogP contribution in [0.3, 0.4) is 0 Å². The van der Waals surface area contributed by atoms with Gasteiger partial charge in [0, 0.05) is 6.54 Å². The zero-order valence-electron chi connectivity index (χ0n) is 8.07. The summed E-state index contributed by atoms with van der Waals surface area (Å²) in [5.74, 6) is 0.670. The zero-order chi connectivity index (χ0) is 10.4. The van der Waals surface area contributed by atoms with E-state index in [1.807, 2.05) is 0 Å². The van der Waals surface area contributed by atoms with E-state index in [4.69, 9.17) is 16.7 Å². The van der Waals surface area contributed by atoms with Crippen LogP contribution in [-0.4, -0.2) is 27.7 Å². The van der Waals surface area contributed by atoms with Crippen LogP contribution in [0.1, 0.15) is 19.8 Å². The number of hydrogen-bond acceptors (Lipinski definition) is 4. The first-order valence-electron chi connectivity index (χ1n) is 4.58. The molecule has 5 heteroatoms. The molecule has 0 bridgehead atoms. The number of aliphatic hydroxyl groups is 1. The molecule has 1 atom stereocenters. The van der Waals surface area contributed by atoms with Gasteiger partial charge < -0.3 is 10.4 Å². The average Bonchev–Trinajstić information content (AvgIpc) is 2.12. The predicted molar refractivity (Wildman–Crippen MR) is 56.4 cm³/mol. The van der Waals surface area contributed by atoms with E-state index in [0.717, 1.165) is 19.4 Å². The van der Waals surface area contributed by atoms with Crippen LogP contribution < -0.4 is 5.32 Å². The molecule has 1 rings (SSSR count). The van der Waals surface area contributed by atoms with Gasteiger partial charge >= 0.3 is 0 Å². The highest BCUT2D eigenvalue weighted by Crippen LogP contribution is 2.06. The first-order chi connectivity index (χ1) is 6.68. The summed E-state index contributed by atoms with van der Waals surface area (Å²) < 4.78 is 0. The Balaban J connectivity index is 2.25. The third-order valence-corrected chi connectivity index (χ3v) is 1.89. The van der Waals surface area contributed by atoms with Crippen molar-refractivity contribution in [1.82, 2.24) is 9.97 Å². The van der Waals surface area contributed by atoms with E-state index >= 15 is 0 Å². The number of nitrogens with zero attached hydrogens (tertiary/aromatic N) is 2. The maximum Gasteiger partial charge on any atom is 0.149 e. The Morgan fingerprint density at radius 3 is 3.00 bits per heavy atom. The lowest BCUT2D eigenvalue weighted by atomic mass is 10.2. The third-order valence-electron chi connectivity index (χ3n) is 1.71. The van der Waals surface area contributed by atoms with Crippen LogP contribution in [0, 0.1) is 0 Å². The minimum absolute atomic E-state index is 0.248. The molecule has 14 heavy (non-hydrogen) atoms. The average molecular weight is 216 g/mol. The molecule has 1 unspecified atom stereocenters. The largest absolute Gasteiger partial charge is 0.393 e. The van der Waals surface area contributed by atoms with Gasteiger partial charge in [0.2, 0.25) is 0 Å². The van der Waals surface area contributed by atoms with Gasteiger partial charge in [0.05, 0.1) is 18.5 Å². The van der Waals surface area contributed by atoms with Crippen molar-refractivity contribution in [2.24, 2.45) is 0 Å². The Kier molecular flexibility index (Phi) is 4.62. The summed E-state index contributed by atoms with van der Waals surface area (Å²) in [7, 11) is 0.